The molecule has 25 heavy (non-hydrogen) atoms. The Balaban J connectivity index is 1.91. The molecule has 3 N–H and O–H groups in total. The van der Waals surface area contributed by atoms with Crippen LogP contribution in [0, 0.1) is 5.92 Å². The Labute approximate surface area is 150 Å². The van der Waals surface area contributed by atoms with Gasteiger partial charge in [-0.1, -0.05) is 18.6 Å². The van der Waals surface area contributed by atoms with Crippen molar-refractivity contribution < 1.29 is 13.2 Å². The van der Waals surface area contributed by atoms with Crippen LogP contribution < -0.4 is 11.1 Å². The molecule has 1 aliphatic carbocycles. The molecule has 0 unspecified atom stereocenters. The summed E-state index contributed by atoms with van der Waals surface area (Å²) >= 11 is 0. The number of nitrogens with one attached hydrogen (secondary N) is 1. The zero-order valence-corrected chi connectivity index (χ0v) is 16.1. The quantitative estimate of drug-likeness (QED) is 0.769. The number of nitrogens with two attached hydrogens (primary N) is 1. The van der Waals surface area contributed by atoms with Crippen LogP contribution in [0.2, 0.25) is 0 Å². The van der Waals surface area contributed by atoms with E-state index in [9.17, 15) is 13.2 Å². The highest BCUT2D eigenvalue weighted by molar-refractivity contribution is 7.89. The first-order valence-corrected chi connectivity index (χ1v) is 10.2. The number of carbonyl (C=O) groups excluding carboxylic acids is 1. The molecule has 2 rings (SSSR count). The minimum atomic E-state index is -3.48. The van der Waals surface area contributed by atoms with Gasteiger partial charge in [0.2, 0.25) is 15.9 Å². The molecule has 1 fully saturated rings. The molecule has 0 aromatic heterocycles. The highest BCUT2D eigenvalue weighted by Crippen LogP contribution is 2.26. The Morgan fingerprint density at radius 2 is 1.92 bits per heavy atom. The molecule has 1 saturated carbocycles. The molecule has 0 bridgehead atoms. The third kappa shape index (κ3) is 5.03. The summed E-state index contributed by atoms with van der Waals surface area (Å²) in [6.45, 7) is 4.05. The fourth-order valence-corrected chi connectivity index (χ4v) is 4.42. The Bertz CT molecular complexity index is 686. The minimum absolute atomic E-state index is 0.00131. The van der Waals surface area contributed by atoms with Crippen molar-refractivity contribution in [1.82, 2.24) is 9.62 Å². The molecule has 1 aromatic carbocycles. The maximum absolute atomic E-state index is 12.4. The molecule has 0 saturated heterocycles. The summed E-state index contributed by atoms with van der Waals surface area (Å²) in [6.07, 6.45) is 3.58. The predicted molar refractivity (Wildman–Crippen MR) is 98.3 cm³/mol. The molecule has 0 heterocycles. The lowest BCUT2D eigenvalue weighted by Gasteiger charge is -2.21. The first-order valence-electron chi connectivity index (χ1n) is 8.81. The molecule has 0 radical (unpaired) electrons. The zero-order valence-electron chi connectivity index (χ0n) is 15.2. The maximum Gasteiger partial charge on any atom is 0.243 e. The summed E-state index contributed by atoms with van der Waals surface area (Å²) in [4.78, 5) is 12.3. The summed E-state index contributed by atoms with van der Waals surface area (Å²) in [7, 11) is -1.90. The highest BCUT2D eigenvalue weighted by atomic mass is 32.2. The number of rotatable bonds is 7. The SMILES string of the molecule is CC(C)N(C)S(=O)(=O)c1ccc(CNC(=O)C[C@@H]2CCC[C@H]2N)cc1. The van der Waals surface area contributed by atoms with Gasteiger partial charge < -0.3 is 11.1 Å². The second kappa shape index (κ2) is 8.29. The van der Waals surface area contributed by atoms with Crippen LogP contribution in [-0.2, 0) is 21.4 Å². The molecule has 7 heteroatoms. The number of sulfonamides is 1. The van der Waals surface area contributed by atoms with Gasteiger partial charge in [-0.05, 0) is 50.3 Å². The van der Waals surface area contributed by atoms with Crippen molar-refractivity contribution >= 4 is 15.9 Å². The molecule has 2 atom stereocenters. The molecule has 6 nitrogen and oxygen atoms in total. The third-order valence-electron chi connectivity index (χ3n) is 4.98. The van der Waals surface area contributed by atoms with E-state index in [0.717, 1.165) is 24.8 Å². The summed E-state index contributed by atoms with van der Waals surface area (Å²) in [5.41, 5.74) is 6.87. The number of benzene rings is 1. The number of hydrogen-bond donors (Lipinski definition) is 2. The molecular weight excluding hydrogens is 338 g/mol. The summed E-state index contributed by atoms with van der Waals surface area (Å²) in [6, 6.07) is 6.68. The van der Waals surface area contributed by atoms with Gasteiger partial charge in [-0.2, -0.15) is 4.31 Å². The van der Waals surface area contributed by atoms with E-state index in [0.29, 0.717) is 13.0 Å². The van der Waals surface area contributed by atoms with Gasteiger partial charge in [0, 0.05) is 32.1 Å². The standard InChI is InChI=1S/C18H29N3O3S/c1-13(2)21(3)25(23,24)16-9-7-14(8-10-16)12-20-18(22)11-15-5-4-6-17(15)19/h7-10,13,15,17H,4-6,11-12,19H2,1-3H3,(H,20,22)/t15-,17+/m0/s1. The normalized spacial score (nSPS) is 21.0. The monoisotopic (exact) mass is 367 g/mol. The van der Waals surface area contributed by atoms with Crippen LogP contribution in [0.1, 0.15) is 45.1 Å². The van der Waals surface area contributed by atoms with Crippen LogP contribution in [0.5, 0.6) is 0 Å². The van der Waals surface area contributed by atoms with E-state index in [4.69, 9.17) is 5.73 Å². The van der Waals surface area contributed by atoms with E-state index < -0.39 is 10.0 Å². The number of nitrogens with zero attached hydrogens (tertiary/aromatic N) is 1. The van der Waals surface area contributed by atoms with Crippen molar-refractivity contribution in [2.75, 3.05) is 7.05 Å². The fraction of sp³-hybridized carbons (Fsp3) is 0.611. The van der Waals surface area contributed by atoms with Gasteiger partial charge in [0.25, 0.3) is 0 Å². The fourth-order valence-electron chi connectivity index (χ4n) is 3.05. The van der Waals surface area contributed by atoms with E-state index in [-0.39, 0.29) is 28.8 Å². The van der Waals surface area contributed by atoms with Crippen LogP contribution in [0.15, 0.2) is 29.2 Å². The van der Waals surface area contributed by atoms with Gasteiger partial charge in [0.1, 0.15) is 0 Å². The van der Waals surface area contributed by atoms with Crippen LogP contribution >= 0.6 is 0 Å². The van der Waals surface area contributed by atoms with Gasteiger partial charge >= 0.3 is 0 Å². The number of hydrogen-bond acceptors (Lipinski definition) is 4. The van der Waals surface area contributed by atoms with Crippen molar-refractivity contribution in [3.8, 4) is 0 Å². The van der Waals surface area contributed by atoms with Crippen molar-refractivity contribution in [2.45, 2.75) is 63.1 Å². The maximum atomic E-state index is 12.4. The van der Waals surface area contributed by atoms with Gasteiger partial charge in [0.15, 0.2) is 0 Å². The van der Waals surface area contributed by atoms with E-state index >= 15 is 0 Å². The van der Waals surface area contributed by atoms with Gasteiger partial charge in [0.05, 0.1) is 4.90 Å². The lowest BCUT2D eigenvalue weighted by Crippen LogP contribution is -2.33. The highest BCUT2D eigenvalue weighted by Gasteiger charge is 2.26. The molecular formula is C18H29N3O3S. The first-order chi connectivity index (χ1) is 11.7. The Hall–Kier alpha value is -1.44. The predicted octanol–water partition coefficient (Wildman–Crippen LogP) is 1.85. The van der Waals surface area contributed by atoms with Gasteiger partial charge in [-0.3, -0.25) is 4.79 Å². The average Bonchev–Trinajstić information content (AvgIpc) is 2.97. The molecule has 1 amide bonds. The minimum Gasteiger partial charge on any atom is -0.352 e. The topological polar surface area (TPSA) is 92.5 Å². The molecule has 0 spiro atoms. The Kier molecular flexibility index (Phi) is 6.59. The lowest BCUT2D eigenvalue weighted by molar-refractivity contribution is -0.122. The summed E-state index contributed by atoms with van der Waals surface area (Å²) in [5.74, 6) is 0.276. The summed E-state index contributed by atoms with van der Waals surface area (Å²) in [5, 5.41) is 2.89. The second-order valence-electron chi connectivity index (χ2n) is 7.09. The lowest BCUT2D eigenvalue weighted by atomic mass is 10.00. The molecule has 1 aromatic rings. The van der Waals surface area contributed by atoms with Gasteiger partial charge in [-0.15, -0.1) is 0 Å². The van der Waals surface area contributed by atoms with Crippen LogP contribution in [0.3, 0.4) is 0 Å². The average molecular weight is 368 g/mol. The van der Waals surface area contributed by atoms with Crippen molar-refractivity contribution in [1.29, 1.82) is 0 Å². The second-order valence-corrected chi connectivity index (χ2v) is 9.09. The first kappa shape index (κ1) is 19.9. The zero-order chi connectivity index (χ0) is 18.6. The van der Waals surface area contributed by atoms with Crippen LogP contribution in [0.4, 0.5) is 0 Å². The summed E-state index contributed by atoms with van der Waals surface area (Å²) < 4.78 is 26.2. The smallest absolute Gasteiger partial charge is 0.243 e. The largest absolute Gasteiger partial charge is 0.352 e. The van der Waals surface area contributed by atoms with Crippen molar-refractivity contribution in [3.05, 3.63) is 29.8 Å². The van der Waals surface area contributed by atoms with E-state index in [1.807, 2.05) is 13.8 Å². The molecule has 1 aliphatic rings. The molecule has 140 valence electrons. The van der Waals surface area contributed by atoms with E-state index in [1.54, 1.807) is 31.3 Å². The van der Waals surface area contributed by atoms with E-state index in [2.05, 4.69) is 5.32 Å². The third-order valence-corrected chi connectivity index (χ3v) is 7.03. The number of amides is 1. The number of carbonyl (C=O) groups is 1. The van der Waals surface area contributed by atoms with Crippen LogP contribution in [0.25, 0.3) is 0 Å². The van der Waals surface area contributed by atoms with Crippen LogP contribution in [-0.4, -0.2) is 37.8 Å². The molecule has 0 aliphatic heterocycles. The van der Waals surface area contributed by atoms with Gasteiger partial charge in [-0.25, -0.2) is 8.42 Å². The van der Waals surface area contributed by atoms with Crippen molar-refractivity contribution in [3.63, 3.8) is 0 Å². The van der Waals surface area contributed by atoms with E-state index in [1.165, 1.54) is 4.31 Å². The Morgan fingerprint density at radius 3 is 2.44 bits per heavy atom. The Morgan fingerprint density at radius 1 is 1.28 bits per heavy atom. The van der Waals surface area contributed by atoms with Crippen molar-refractivity contribution in [2.24, 2.45) is 11.7 Å².